The van der Waals surface area contributed by atoms with Crippen LogP contribution in [-0.4, -0.2) is 22.8 Å². The summed E-state index contributed by atoms with van der Waals surface area (Å²) in [4.78, 5) is 10.1. The SMILES string of the molecule is O=CC1CCCN1Br. The van der Waals surface area contributed by atoms with Gasteiger partial charge in [0.1, 0.15) is 6.29 Å². The molecule has 2 nitrogen and oxygen atoms in total. The third-order valence-electron chi connectivity index (χ3n) is 1.39. The van der Waals surface area contributed by atoms with Crippen LogP contribution in [0.3, 0.4) is 0 Å². The minimum absolute atomic E-state index is 0.134. The van der Waals surface area contributed by atoms with E-state index < -0.39 is 0 Å². The maximum absolute atomic E-state index is 10.1. The largest absolute Gasteiger partial charge is 0.302 e. The van der Waals surface area contributed by atoms with Crippen LogP contribution in [0.15, 0.2) is 0 Å². The van der Waals surface area contributed by atoms with Crippen molar-refractivity contribution in [1.29, 1.82) is 0 Å². The third-order valence-corrected chi connectivity index (χ3v) is 2.27. The fourth-order valence-corrected chi connectivity index (χ4v) is 1.44. The van der Waals surface area contributed by atoms with Crippen molar-refractivity contribution in [2.75, 3.05) is 6.54 Å². The monoisotopic (exact) mass is 177 g/mol. The highest BCUT2D eigenvalue weighted by Gasteiger charge is 2.20. The molecule has 1 atom stereocenters. The van der Waals surface area contributed by atoms with E-state index in [0.717, 1.165) is 25.7 Å². The molecule has 0 N–H and O–H groups in total. The van der Waals surface area contributed by atoms with Crippen LogP contribution in [0.5, 0.6) is 0 Å². The summed E-state index contributed by atoms with van der Waals surface area (Å²) in [7, 11) is 0. The van der Waals surface area contributed by atoms with E-state index in [0.29, 0.717) is 0 Å². The maximum atomic E-state index is 10.1. The van der Waals surface area contributed by atoms with Crippen molar-refractivity contribution in [1.82, 2.24) is 3.93 Å². The number of halogens is 1. The second-order valence-electron chi connectivity index (χ2n) is 1.97. The Balaban J connectivity index is 2.41. The fraction of sp³-hybridized carbons (Fsp3) is 0.800. The molecule has 1 rings (SSSR count). The van der Waals surface area contributed by atoms with Crippen molar-refractivity contribution < 1.29 is 4.79 Å². The highest BCUT2D eigenvalue weighted by molar-refractivity contribution is 9.07. The van der Waals surface area contributed by atoms with Gasteiger partial charge >= 0.3 is 0 Å². The van der Waals surface area contributed by atoms with Gasteiger partial charge in [-0.3, -0.25) is 0 Å². The van der Waals surface area contributed by atoms with Gasteiger partial charge in [-0.05, 0) is 12.8 Å². The number of rotatable bonds is 1. The van der Waals surface area contributed by atoms with Gasteiger partial charge in [0.25, 0.3) is 0 Å². The normalized spacial score (nSPS) is 30.9. The molecule has 1 aliphatic rings. The van der Waals surface area contributed by atoms with E-state index in [9.17, 15) is 4.79 Å². The summed E-state index contributed by atoms with van der Waals surface area (Å²) in [5.74, 6) is 0. The molecule has 1 aliphatic heterocycles. The van der Waals surface area contributed by atoms with Gasteiger partial charge < -0.3 is 4.79 Å². The quantitative estimate of drug-likeness (QED) is 0.440. The molecule has 3 heteroatoms. The van der Waals surface area contributed by atoms with Crippen molar-refractivity contribution >= 4 is 22.4 Å². The van der Waals surface area contributed by atoms with Crippen molar-refractivity contribution in [3.8, 4) is 0 Å². The second-order valence-corrected chi connectivity index (χ2v) is 2.88. The summed E-state index contributed by atoms with van der Waals surface area (Å²) in [5.41, 5.74) is 0. The zero-order valence-electron chi connectivity index (χ0n) is 4.51. The lowest BCUT2D eigenvalue weighted by Gasteiger charge is -2.07. The van der Waals surface area contributed by atoms with E-state index in [1.807, 2.05) is 3.93 Å². The molecular weight excluding hydrogens is 170 g/mol. The molecule has 0 aliphatic carbocycles. The van der Waals surface area contributed by atoms with Gasteiger partial charge in [-0.2, -0.15) is 0 Å². The van der Waals surface area contributed by atoms with Gasteiger partial charge in [0.15, 0.2) is 0 Å². The van der Waals surface area contributed by atoms with Crippen LogP contribution < -0.4 is 0 Å². The molecule has 0 radical (unpaired) electrons. The standard InChI is InChI=1S/C5H8BrNO/c6-7-3-1-2-5(7)4-8/h4-5H,1-3H2. The third kappa shape index (κ3) is 1.09. The topological polar surface area (TPSA) is 20.3 Å². The summed E-state index contributed by atoms with van der Waals surface area (Å²) in [5, 5.41) is 0. The molecule has 0 amide bonds. The van der Waals surface area contributed by atoms with Crippen LogP contribution in [0.1, 0.15) is 12.8 Å². The molecule has 1 heterocycles. The van der Waals surface area contributed by atoms with Crippen LogP contribution in [0.25, 0.3) is 0 Å². The highest BCUT2D eigenvalue weighted by Crippen LogP contribution is 2.18. The number of hydrogen-bond donors (Lipinski definition) is 0. The van der Waals surface area contributed by atoms with Gasteiger partial charge in [0.2, 0.25) is 0 Å². The number of nitrogens with zero attached hydrogens (tertiary/aromatic N) is 1. The molecular formula is C5H8BrNO. The van der Waals surface area contributed by atoms with Crippen molar-refractivity contribution in [3.63, 3.8) is 0 Å². The van der Waals surface area contributed by atoms with E-state index in [1.165, 1.54) is 0 Å². The Morgan fingerprint density at radius 1 is 1.75 bits per heavy atom. The highest BCUT2D eigenvalue weighted by atomic mass is 79.9. The van der Waals surface area contributed by atoms with E-state index >= 15 is 0 Å². The van der Waals surface area contributed by atoms with E-state index in [2.05, 4.69) is 16.1 Å². The average molecular weight is 178 g/mol. The average Bonchev–Trinajstić information content (AvgIpc) is 2.14. The van der Waals surface area contributed by atoms with Crippen LogP contribution in [0.2, 0.25) is 0 Å². The van der Waals surface area contributed by atoms with Gasteiger partial charge in [0, 0.05) is 22.7 Å². The van der Waals surface area contributed by atoms with Gasteiger partial charge in [0.05, 0.1) is 6.04 Å². The molecule has 0 spiro atoms. The summed E-state index contributed by atoms with van der Waals surface area (Å²) < 4.78 is 1.90. The predicted molar refractivity (Wildman–Crippen MR) is 34.7 cm³/mol. The Kier molecular flexibility index (Phi) is 2.02. The zero-order chi connectivity index (χ0) is 5.98. The van der Waals surface area contributed by atoms with Crippen LogP contribution in [0, 0.1) is 0 Å². The van der Waals surface area contributed by atoms with Crippen molar-refractivity contribution in [2.24, 2.45) is 0 Å². The van der Waals surface area contributed by atoms with Crippen molar-refractivity contribution in [3.05, 3.63) is 0 Å². The number of carbonyl (C=O) groups is 1. The van der Waals surface area contributed by atoms with Crippen molar-refractivity contribution in [2.45, 2.75) is 18.9 Å². The van der Waals surface area contributed by atoms with Gasteiger partial charge in [-0.25, -0.2) is 3.93 Å². The first kappa shape index (κ1) is 6.23. The Labute approximate surface area is 57.2 Å². The molecule has 1 fully saturated rings. The first-order valence-corrected chi connectivity index (χ1v) is 3.43. The van der Waals surface area contributed by atoms with Gasteiger partial charge in [-0.15, -0.1) is 0 Å². The predicted octanol–water partition coefficient (Wildman–Crippen LogP) is 0.960. The summed E-state index contributed by atoms with van der Waals surface area (Å²) in [6.07, 6.45) is 3.13. The van der Waals surface area contributed by atoms with E-state index in [-0.39, 0.29) is 6.04 Å². The minimum atomic E-state index is 0.134. The lowest BCUT2D eigenvalue weighted by Crippen LogP contribution is -2.19. The molecule has 0 saturated carbocycles. The Morgan fingerprint density at radius 2 is 2.50 bits per heavy atom. The lowest BCUT2D eigenvalue weighted by molar-refractivity contribution is -0.110. The molecule has 46 valence electrons. The molecule has 0 aromatic rings. The lowest BCUT2D eigenvalue weighted by atomic mass is 10.2. The van der Waals surface area contributed by atoms with Gasteiger partial charge in [-0.1, -0.05) is 0 Å². The Bertz CT molecular complexity index is 96.4. The van der Waals surface area contributed by atoms with Crippen LogP contribution in [-0.2, 0) is 4.79 Å². The molecule has 0 aromatic carbocycles. The first-order valence-electron chi connectivity index (χ1n) is 2.72. The van der Waals surface area contributed by atoms with Crippen LogP contribution >= 0.6 is 16.1 Å². The first-order chi connectivity index (χ1) is 3.84. The molecule has 0 aromatic heterocycles. The summed E-state index contributed by atoms with van der Waals surface area (Å²) in [6, 6.07) is 0.134. The smallest absolute Gasteiger partial charge is 0.138 e. The Hall–Kier alpha value is 0.110. The minimum Gasteiger partial charge on any atom is -0.302 e. The maximum Gasteiger partial charge on any atom is 0.138 e. The number of hydrogen-bond acceptors (Lipinski definition) is 2. The van der Waals surface area contributed by atoms with E-state index in [1.54, 1.807) is 0 Å². The molecule has 0 bridgehead atoms. The van der Waals surface area contributed by atoms with Crippen LogP contribution in [0.4, 0.5) is 0 Å². The summed E-state index contributed by atoms with van der Waals surface area (Å²) >= 11 is 3.27. The Morgan fingerprint density at radius 3 is 2.75 bits per heavy atom. The zero-order valence-corrected chi connectivity index (χ0v) is 6.10. The molecule has 8 heavy (non-hydrogen) atoms. The fourth-order valence-electron chi connectivity index (χ4n) is 0.891. The van der Waals surface area contributed by atoms with E-state index in [4.69, 9.17) is 0 Å². The molecule has 1 saturated heterocycles. The number of carbonyl (C=O) groups excluding carboxylic acids is 1. The number of aldehydes is 1. The molecule has 1 unspecified atom stereocenters. The second kappa shape index (κ2) is 2.60. The summed E-state index contributed by atoms with van der Waals surface area (Å²) in [6.45, 7) is 1.00.